The lowest BCUT2D eigenvalue weighted by atomic mass is 10.2. The normalized spacial score (nSPS) is 10.4. The Bertz CT molecular complexity index is 977. The highest BCUT2D eigenvalue weighted by Gasteiger charge is 2.09. The number of benzene rings is 2. The zero-order valence-electron chi connectivity index (χ0n) is 15.4. The van der Waals surface area contributed by atoms with Gasteiger partial charge in [0, 0.05) is 24.8 Å². The van der Waals surface area contributed by atoms with E-state index in [2.05, 4.69) is 26.1 Å². The van der Waals surface area contributed by atoms with E-state index < -0.39 is 0 Å². The molecule has 1 aromatic heterocycles. The van der Waals surface area contributed by atoms with Gasteiger partial charge in [0.05, 0.1) is 5.75 Å². The summed E-state index contributed by atoms with van der Waals surface area (Å²) in [5.41, 5.74) is 2.06. The van der Waals surface area contributed by atoms with Crippen molar-refractivity contribution in [3.63, 3.8) is 0 Å². The van der Waals surface area contributed by atoms with E-state index in [0.717, 1.165) is 5.56 Å². The summed E-state index contributed by atoms with van der Waals surface area (Å²) in [6.45, 7) is 0.506. The number of anilines is 2. The number of halogens is 1. The molecule has 0 atom stereocenters. The molecule has 0 saturated carbocycles. The van der Waals surface area contributed by atoms with Crippen LogP contribution in [0.5, 0.6) is 0 Å². The van der Waals surface area contributed by atoms with Gasteiger partial charge in [0.2, 0.25) is 11.0 Å². The third-order valence-corrected chi connectivity index (χ3v) is 5.76. The average Bonchev–Trinajstić information content (AvgIpc) is 3.20. The van der Waals surface area contributed by atoms with Crippen LogP contribution in [0.3, 0.4) is 0 Å². The minimum Gasteiger partial charge on any atom is -0.356 e. The monoisotopic (exact) mass is 431 g/mol. The van der Waals surface area contributed by atoms with Crippen molar-refractivity contribution >= 4 is 45.7 Å². The first-order valence-electron chi connectivity index (χ1n) is 8.60. The molecule has 3 rings (SSSR count). The van der Waals surface area contributed by atoms with Crippen LogP contribution in [0.2, 0.25) is 0 Å². The van der Waals surface area contributed by atoms with Crippen molar-refractivity contribution in [1.82, 2.24) is 15.5 Å². The average molecular weight is 432 g/mol. The van der Waals surface area contributed by atoms with Gasteiger partial charge in [-0.3, -0.25) is 9.59 Å². The number of hydrogen-bond acceptors (Lipinski definition) is 7. The molecule has 0 aliphatic rings. The molecule has 2 amide bonds. The third-order valence-electron chi connectivity index (χ3n) is 3.75. The second-order valence-electron chi connectivity index (χ2n) is 5.85. The number of amides is 2. The smallest absolute Gasteiger partial charge is 0.251 e. The summed E-state index contributed by atoms with van der Waals surface area (Å²) >= 11 is 2.63. The summed E-state index contributed by atoms with van der Waals surface area (Å²) in [7, 11) is 1.56. The maximum atomic E-state index is 12.9. The predicted molar refractivity (Wildman–Crippen MR) is 113 cm³/mol. The highest BCUT2D eigenvalue weighted by molar-refractivity contribution is 8.01. The SMILES string of the molecule is CNC(=O)c1ccc(NC(=O)CSc2nnc(NCc3ccc(F)cc3)s2)cc1. The van der Waals surface area contributed by atoms with Crippen LogP contribution in [-0.2, 0) is 11.3 Å². The number of nitrogens with zero attached hydrogens (tertiary/aromatic N) is 2. The van der Waals surface area contributed by atoms with Gasteiger partial charge in [0.25, 0.3) is 5.91 Å². The molecule has 0 radical (unpaired) electrons. The molecule has 0 fully saturated rings. The highest BCUT2D eigenvalue weighted by atomic mass is 32.2. The molecule has 0 spiro atoms. The minimum absolute atomic E-state index is 0.182. The van der Waals surface area contributed by atoms with E-state index >= 15 is 0 Å². The summed E-state index contributed by atoms with van der Waals surface area (Å²) in [4.78, 5) is 23.6. The van der Waals surface area contributed by atoms with Crippen LogP contribution in [0.4, 0.5) is 15.2 Å². The topological polar surface area (TPSA) is 96.0 Å². The Morgan fingerprint density at radius 2 is 1.79 bits per heavy atom. The van der Waals surface area contributed by atoms with E-state index in [1.165, 1.54) is 35.2 Å². The second-order valence-corrected chi connectivity index (χ2v) is 8.05. The van der Waals surface area contributed by atoms with Crippen molar-refractivity contribution in [3.05, 3.63) is 65.5 Å². The van der Waals surface area contributed by atoms with Gasteiger partial charge in [-0.1, -0.05) is 35.2 Å². The number of thioether (sulfide) groups is 1. The van der Waals surface area contributed by atoms with E-state index in [9.17, 15) is 14.0 Å². The van der Waals surface area contributed by atoms with Gasteiger partial charge in [-0.2, -0.15) is 0 Å². The van der Waals surface area contributed by atoms with Gasteiger partial charge in [0.1, 0.15) is 5.82 Å². The molecule has 2 aromatic carbocycles. The molecule has 0 aliphatic carbocycles. The van der Waals surface area contributed by atoms with E-state index in [-0.39, 0.29) is 23.4 Å². The summed E-state index contributed by atoms with van der Waals surface area (Å²) in [5.74, 6) is -0.453. The van der Waals surface area contributed by atoms with Crippen LogP contribution in [0.25, 0.3) is 0 Å². The van der Waals surface area contributed by atoms with Crippen LogP contribution in [0, 0.1) is 5.82 Å². The molecule has 0 aliphatic heterocycles. The molecule has 0 bridgehead atoms. The van der Waals surface area contributed by atoms with E-state index in [1.54, 1.807) is 43.4 Å². The van der Waals surface area contributed by atoms with Crippen molar-refractivity contribution in [1.29, 1.82) is 0 Å². The highest BCUT2D eigenvalue weighted by Crippen LogP contribution is 2.26. The Labute approximate surface area is 175 Å². The molecule has 1 heterocycles. The van der Waals surface area contributed by atoms with Crippen molar-refractivity contribution in [2.24, 2.45) is 0 Å². The van der Waals surface area contributed by atoms with Crippen LogP contribution in [0.15, 0.2) is 52.9 Å². The quantitative estimate of drug-likeness (QED) is 0.473. The van der Waals surface area contributed by atoms with Crippen molar-refractivity contribution in [2.75, 3.05) is 23.4 Å². The van der Waals surface area contributed by atoms with Gasteiger partial charge in [0.15, 0.2) is 4.34 Å². The zero-order chi connectivity index (χ0) is 20.6. The standard InChI is InChI=1S/C19H18FN5O2S2/c1-21-17(27)13-4-8-15(9-5-13)23-16(26)11-28-19-25-24-18(29-19)22-10-12-2-6-14(20)7-3-12/h2-9H,10-11H2,1H3,(H,21,27)(H,22,24)(H,23,26). The van der Waals surface area contributed by atoms with Gasteiger partial charge < -0.3 is 16.0 Å². The number of aromatic nitrogens is 2. The molecule has 0 unspecified atom stereocenters. The molecule has 0 saturated heterocycles. The summed E-state index contributed by atoms with van der Waals surface area (Å²) in [5, 5.41) is 17.1. The van der Waals surface area contributed by atoms with Gasteiger partial charge >= 0.3 is 0 Å². The van der Waals surface area contributed by atoms with E-state index in [0.29, 0.717) is 27.3 Å². The molecular weight excluding hydrogens is 413 g/mol. The number of hydrogen-bond donors (Lipinski definition) is 3. The molecular formula is C19H18FN5O2S2. The lowest BCUT2D eigenvalue weighted by Gasteiger charge is -2.05. The Kier molecular flexibility index (Phi) is 7.14. The number of rotatable bonds is 8. The number of nitrogens with one attached hydrogen (secondary N) is 3. The lowest BCUT2D eigenvalue weighted by molar-refractivity contribution is -0.113. The first-order valence-corrected chi connectivity index (χ1v) is 10.4. The molecule has 3 aromatic rings. The van der Waals surface area contributed by atoms with Crippen molar-refractivity contribution < 1.29 is 14.0 Å². The fraction of sp³-hybridized carbons (Fsp3) is 0.158. The Morgan fingerprint density at radius 1 is 1.07 bits per heavy atom. The van der Waals surface area contributed by atoms with Crippen molar-refractivity contribution in [2.45, 2.75) is 10.9 Å². The fourth-order valence-corrected chi connectivity index (χ4v) is 3.84. The van der Waals surface area contributed by atoms with Gasteiger partial charge in [-0.25, -0.2) is 4.39 Å². The molecule has 3 N–H and O–H groups in total. The van der Waals surface area contributed by atoms with E-state index in [4.69, 9.17) is 0 Å². The van der Waals surface area contributed by atoms with Crippen molar-refractivity contribution in [3.8, 4) is 0 Å². The zero-order valence-corrected chi connectivity index (χ0v) is 17.1. The second kappa shape index (κ2) is 9.99. The van der Waals surface area contributed by atoms with E-state index in [1.807, 2.05) is 0 Å². The molecule has 10 heteroatoms. The fourth-order valence-electron chi connectivity index (χ4n) is 2.29. The first kappa shape index (κ1) is 20.7. The van der Waals surface area contributed by atoms with Crippen LogP contribution < -0.4 is 16.0 Å². The van der Waals surface area contributed by atoms with Crippen LogP contribution in [-0.4, -0.2) is 34.8 Å². The Hall–Kier alpha value is -2.98. The summed E-state index contributed by atoms with van der Waals surface area (Å²) in [6, 6.07) is 12.9. The maximum Gasteiger partial charge on any atom is 0.251 e. The maximum absolute atomic E-state index is 12.9. The first-order chi connectivity index (χ1) is 14.0. The summed E-state index contributed by atoms with van der Waals surface area (Å²) < 4.78 is 13.6. The van der Waals surface area contributed by atoms with Gasteiger partial charge in [-0.15, -0.1) is 10.2 Å². The third kappa shape index (κ3) is 6.26. The lowest BCUT2D eigenvalue weighted by Crippen LogP contribution is -2.18. The minimum atomic E-state index is -0.274. The molecule has 150 valence electrons. The molecule has 29 heavy (non-hydrogen) atoms. The Balaban J connectivity index is 1.44. The summed E-state index contributed by atoms with van der Waals surface area (Å²) in [6.07, 6.45) is 0. The predicted octanol–water partition coefficient (Wildman–Crippen LogP) is 3.38. The molecule has 7 nitrogen and oxygen atoms in total. The Morgan fingerprint density at radius 3 is 2.48 bits per heavy atom. The van der Waals surface area contributed by atoms with Crippen LogP contribution in [0.1, 0.15) is 15.9 Å². The van der Waals surface area contributed by atoms with Gasteiger partial charge in [-0.05, 0) is 42.0 Å². The largest absolute Gasteiger partial charge is 0.356 e. The number of carbonyl (C=O) groups is 2. The number of carbonyl (C=O) groups excluding carboxylic acids is 2. The van der Waals surface area contributed by atoms with Crippen LogP contribution >= 0.6 is 23.1 Å².